The largest absolute Gasteiger partial charge is 0.0464 e. The van der Waals surface area contributed by atoms with E-state index in [0.29, 0.717) is 0 Å². The molecular formula is C14H16. The normalized spacial score (nSPS) is 96.0. The van der Waals surface area contributed by atoms with Crippen molar-refractivity contribution >= 4 is 0 Å². The van der Waals surface area contributed by atoms with Gasteiger partial charge in [0, 0.05) is 0 Å². The highest BCUT2D eigenvalue weighted by atomic mass is 14.9. The van der Waals surface area contributed by atoms with Gasteiger partial charge in [-0.3, -0.25) is 0 Å². The minimum Gasteiger partial charge on any atom is -0.0464 e. The first-order chi connectivity index (χ1) is 6.97. The van der Waals surface area contributed by atoms with Gasteiger partial charge < -0.3 is 0 Å². The van der Waals surface area contributed by atoms with Crippen LogP contribution in [0.3, 0.4) is 0 Å². The van der Waals surface area contributed by atoms with E-state index < -0.39 is 0 Å². The van der Waals surface area contributed by atoms with Crippen LogP contribution in [0.4, 0.5) is 0 Å². The van der Waals surface area contributed by atoms with Gasteiger partial charge in [-0.15, -0.1) is 0 Å². The second kappa shape index (κ2) is 1.30. The molecule has 9 rings (SSSR count). The molecule has 0 saturated heterocycles. The highest BCUT2D eigenvalue weighted by molar-refractivity contribution is 5.35. The lowest BCUT2D eigenvalue weighted by Crippen LogP contribution is -2.34. The van der Waals surface area contributed by atoms with Crippen molar-refractivity contribution in [2.45, 2.75) is 12.8 Å². The van der Waals surface area contributed by atoms with Crippen molar-refractivity contribution in [2.75, 3.05) is 0 Å². The maximum Gasteiger partial charge on any atom is -0.0315 e. The summed E-state index contributed by atoms with van der Waals surface area (Å²) in [7, 11) is 0. The first-order valence-corrected chi connectivity index (χ1v) is 6.97. The second-order valence-corrected chi connectivity index (χ2v) is 7.75. The predicted octanol–water partition coefficient (Wildman–Crippen LogP) is 2.26. The van der Waals surface area contributed by atoms with Gasteiger partial charge in [0.15, 0.2) is 0 Å². The quantitative estimate of drug-likeness (QED) is 0.541. The van der Waals surface area contributed by atoms with Gasteiger partial charge in [0.05, 0.1) is 0 Å². The number of hydrogen-bond donors (Lipinski definition) is 0. The molecule has 0 heterocycles. The Morgan fingerprint density at radius 3 is 0.714 bits per heavy atom. The Balaban J connectivity index is 1.61. The fourth-order valence-corrected chi connectivity index (χ4v) is 8.73. The van der Waals surface area contributed by atoms with E-state index in [1.807, 2.05) is 0 Å². The molecule has 0 atom stereocenters. The molecule has 12 bridgehead atoms. The molecule has 0 nitrogen and oxygen atoms in total. The van der Waals surface area contributed by atoms with E-state index >= 15 is 0 Å². The molecule has 9 fully saturated rings. The Labute approximate surface area is 84.4 Å². The van der Waals surface area contributed by atoms with E-state index in [1.54, 1.807) is 12.8 Å². The topological polar surface area (TPSA) is 0 Å². The molecule has 9 saturated carbocycles. The maximum absolute atomic E-state index is 1.70. The molecule has 0 radical (unpaired) electrons. The summed E-state index contributed by atoms with van der Waals surface area (Å²) in [6, 6.07) is 0. The van der Waals surface area contributed by atoms with E-state index in [-0.39, 0.29) is 0 Å². The van der Waals surface area contributed by atoms with Gasteiger partial charge in [0.1, 0.15) is 0 Å². The molecule has 0 spiro atoms. The van der Waals surface area contributed by atoms with Gasteiger partial charge >= 0.3 is 0 Å². The van der Waals surface area contributed by atoms with Crippen LogP contribution in [-0.2, 0) is 0 Å². The monoisotopic (exact) mass is 184 g/mol. The molecular weight excluding hydrogens is 168 g/mol. The van der Waals surface area contributed by atoms with Crippen LogP contribution >= 0.6 is 0 Å². The van der Waals surface area contributed by atoms with E-state index in [0.717, 1.165) is 0 Å². The SMILES string of the molecule is C1C2[C@H]3[C@@H]2[C@H]2C1[C@@H]3[C@@H]1C3CC4[C@@H]([C@@H]41)[C@H]32. The van der Waals surface area contributed by atoms with Gasteiger partial charge in [-0.25, -0.2) is 0 Å². The van der Waals surface area contributed by atoms with Gasteiger partial charge in [-0.05, 0) is 83.9 Å². The van der Waals surface area contributed by atoms with Crippen molar-refractivity contribution in [3.05, 3.63) is 0 Å². The zero-order chi connectivity index (χ0) is 8.34. The molecule has 14 heavy (non-hydrogen) atoms. The van der Waals surface area contributed by atoms with E-state index in [9.17, 15) is 0 Å². The molecule has 0 amide bonds. The number of rotatable bonds is 0. The van der Waals surface area contributed by atoms with Gasteiger partial charge in [0.2, 0.25) is 0 Å². The molecule has 0 aromatic rings. The van der Waals surface area contributed by atoms with Crippen LogP contribution < -0.4 is 0 Å². The third-order valence-corrected chi connectivity index (χ3v) is 8.32. The zero-order valence-electron chi connectivity index (χ0n) is 8.34. The van der Waals surface area contributed by atoms with Crippen LogP contribution in [0.2, 0.25) is 0 Å². The third kappa shape index (κ3) is 0.314. The molecule has 9 aliphatic rings. The summed E-state index contributed by atoms with van der Waals surface area (Å²) in [6.45, 7) is 0. The van der Waals surface area contributed by atoms with Crippen molar-refractivity contribution in [2.24, 2.45) is 71.0 Å². The fraction of sp³-hybridized carbons (Fsp3) is 1.00. The standard InChI is InChI=1S/C14H16/c1-3-7-8(3)12-5(1)11(7)13-6-2-4-9(13)10(4)14(6)12/h3-14H,1-2H2/t3?,4?,5?,6?,7-,8+,9+,10-,11-,12+,13+,14-. The van der Waals surface area contributed by atoms with Gasteiger partial charge in [0.25, 0.3) is 0 Å². The third-order valence-electron chi connectivity index (χ3n) is 8.32. The summed E-state index contributed by atoms with van der Waals surface area (Å²) in [5.74, 6) is 15.6. The van der Waals surface area contributed by atoms with E-state index in [1.165, 1.54) is 71.0 Å². The lowest BCUT2D eigenvalue weighted by Gasteiger charge is -2.38. The van der Waals surface area contributed by atoms with E-state index in [2.05, 4.69) is 0 Å². The minimum atomic E-state index is 1.28. The Hall–Kier alpha value is 0. The summed E-state index contributed by atoms with van der Waals surface area (Å²) in [4.78, 5) is 0. The minimum absolute atomic E-state index is 1.28. The Bertz CT molecular complexity index is 329. The maximum atomic E-state index is 1.70. The molecule has 0 heteroatoms. The Morgan fingerprint density at radius 1 is 0.357 bits per heavy atom. The summed E-state index contributed by atoms with van der Waals surface area (Å²) in [6.07, 6.45) is 3.41. The predicted molar refractivity (Wildman–Crippen MR) is 51.1 cm³/mol. The van der Waals surface area contributed by atoms with E-state index in [4.69, 9.17) is 0 Å². The Kier molecular flexibility index (Phi) is 0.548. The molecule has 9 aliphatic carbocycles. The number of hydrogen-bond acceptors (Lipinski definition) is 0. The molecule has 0 aliphatic heterocycles. The van der Waals surface area contributed by atoms with Crippen molar-refractivity contribution in [1.29, 1.82) is 0 Å². The first-order valence-electron chi connectivity index (χ1n) is 6.97. The highest BCUT2D eigenvalue weighted by Gasteiger charge is 2.88. The van der Waals surface area contributed by atoms with Crippen molar-refractivity contribution in [1.82, 2.24) is 0 Å². The second-order valence-electron chi connectivity index (χ2n) is 7.75. The molecule has 0 unspecified atom stereocenters. The zero-order valence-corrected chi connectivity index (χ0v) is 8.34. The summed E-state index contributed by atoms with van der Waals surface area (Å²) in [5.41, 5.74) is 0. The highest BCUT2D eigenvalue weighted by Crippen LogP contribution is 2.92. The lowest BCUT2D eigenvalue weighted by atomic mass is 9.66. The van der Waals surface area contributed by atoms with Crippen molar-refractivity contribution in [3.8, 4) is 0 Å². The molecule has 0 aromatic carbocycles. The molecule has 0 N–H and O–H groups in total. The average Bonchev–Trinajstić information content (AvgIpc) is 2.71. The van der Waals surface area contributed by atoms with Crippen LogP contribution in [0.1, 0.15) is 12.8 Å². The van der Waals surface area contributed by atoms with Crippen molar-refractivity contribution < 1.29 is 0 Å². The summed E-state index contributed by atoms with van der Waals surface area (Å²) >= 11 is 0. The van der Waals surface area contributed by atoms with Gasteiger partial charge in [-0.2, -0.15) is 0 Å². The lowest BCUT2D eigenvalue weighted by molar-refractivity contribution is 0.0886. The smallest absolute Gasteiger partial charge is 0.0315 e. The molecule has 0 aromatic heterocycles. The first kappa shape index (κ1) is 5.92. The summed E-state index contributed by atoms with van der Waals surface area (Å²) in [5, 5.41) is 0. The summed E-state index contributed by atoms with van der Waals surface area (Å²) < 4.78 is 0. The van der Waals surface area contributed by atoms with Gasteiger partial charge in [-0.1, -0.05) is 0 Å². The van der Waals surface area contributed by atoms with Crippen LogP contribution in [0.5, 0.6) is 0 Å². The van der Waals surface area contributed by atoms with Crippen LogP contribution in [0.15, 0.2) is 0 Å². The van der Waals surface area contributed by atoms with Crippen LogP contribution in [0, 0.1) is 71.0 Å². The fourth-order valence-electron chi connectivity index (χ4n) is 8.73. The molecule has 72 valence electrons. The van der Waals surface area contributed by atoms with Crippen molar-refractivity contribution in [3.63, 3.8) is 0 Å². The van der Waals surface area contributed by atoms with Crippen LogP contribution in [0.25, 0.3) is 0 Å². The Morgan fingerprint density at radius 2 is 0.571 bits per heavy atom. The average molecular weight is 184 g/mol. The van der Waals surface area contributed by atoms with Crippen LogP contribution in [-0.4, -0.2) is 0 Å².